The van der Waals surface area contributed by atoms with Gasteiger partial charge in [0.15, 0.2) is 0 Å². The van der Waals surface area contributed by atoms with Gasteiger partial charge in [-0.3, -0.25) is 4.79 Å². The van der Waals surface area contributed by atoms with Gasteiger partial charge in [0.05, 0.1) is 0 Å². The fourth-order valence-electron chi connectivity index (χ4n) is 3.03. The van der Waals surface area contributed by atoms with E-state index in [-0.39, 0.29) is 18.5 Å². The highest BCUT2D eigenvalue weighted by molar-refractivity contribution is 5.75. The van der Waals surface area contributed by atoms with Crippen LogP contribution in [0.1, 0.15) is 65.7 Å². The highest BCUT2D eigenvalue weighted by atomic mass is 16.4. The second-order valence-corrected chi connectivity index (χ2v) is 6.20. The molecular formula is C16H30N2O3. The number of carboxylic acid groups (broad SMARTS) is 1. The number of rotatable bonds is 7. The molecule has 0 radical (unpaired) electrons. The lowest BCUT2D eigenvalue weighted by Gasteiger charge is -2.40. The zero-order valence-electron chi connectivity index (χ0n) is 13.7. The van der Waals surface area contributed by atoms with Crippen LogP contribution in [0.4, 0.5) is 4.79 Å². The van der Waals surface area contributed by atoms with Gasteiger partial charge in [0.25, 0.3) is 0 Å². The lowest BCUT2D eigenvalue weighted by Crippen LogP contribution is -2.52. The van der Waals surface area contributed by atoms with Crippen LogP contribution < -0.4 is 0 Å². The van der Waals surface area contributed by atoms with Crippen LogP contribution in [-0.4, -0.2) is 52.1 Å². The van der Waals surface area contributed by atoms with E-state index in [2.05, 4.69) is 6.92 Å². The van der Waals surface area contributed by atoms with Crippen molar-refractivity contribution in [2.45, 2.75) is 77.8 Å². The predicted octanol–water partition coefficient (Wildman–Crippen LogP) is 3.34. The van der Waals surface area contributed by atoms with Gasteiger partial charge in [0, 0.05) is 31.6 Å². The van der Waals surface area contributed by atoms with Crippen LogP contribution in [0.5, 0.6) is 0 Å². The van der Waals surface area contributed by atoms with Gasteiger partial charge in [0.2, 0.25) is 0 Å². The van der Waals surface area contributed by atoms with E-state index in [1.807, 2.05) is 23.6 Å². The number of carbonyl (C=O) groups is 2. The van der Waals surface area contributed by atoms with Gasteiger partial charge in [-0.15, -0.1) is 0 Å². The third-order valence-corrected chi connectivity index (χ3v) is 4.15. The molecule has 0 aliphatic carbocycles. The summed E-state index contributed by atoms with van der Waals surface area (Å²) in [5.41, 5.74) is 0. The lowest BCUT2D eigenvalue weighted by molar-refractivity contribution is -0.137. The molecular weight excluding hydrogens is 268 g/mol. The third-order valence-electron chi connectivity index (χ3n) is 4.15. The largest absolute Gasteiger partial charge is 0.481 e. The average Bonchev–Trinajstić information content (AvgIpc) is 2.43. The quantitative estimate of drug-likeness (QED) is 0.784. The number of carbonyl (C=O) groups excluding carboxylic acids is 1. The second kappa shape index (κ2) is 8.90. The SMILES string of the molecule is CCCC1CCCCN1C(=O)N(CCCC(=O)O)C(C)C. The molecule has 0 spiro atoms. The maximum Gasteiger partial charge on any atom is 0.320 e. The maximum atomic E-state index is 12.8. The minimum atomic E-state index is -0.798. The predicted molar refractivity (Wildman–Crippen MR) is 83.4 cm³/mol. The standard InChI is InChI=1S/C16H30N2O3/c1-4-8-14-9-5-6-11-18(14)16(21)17(13(2)3)12-7-10-15(19)20/h13-14H,4-12H2,1-3H3,(H,19,20). The highest BCUT2D eigenvalue weighted by Gasteiger charge is 2.30. The molecule has 2 amide bonds. The Balaban J connectivity index is 2.66. The van der Waals surface area contributed by atoms with Gasteiger partial charge >= 0.3 is 12.0 Å². The average molecular weight is 298 g/mol. The molecule has 1 N–H and O–H groups in total. The summed E-state index contributed by atoms with van der Waals surface area (Å²) >= 11 is 0. The number of carboxylic acids is 1. The van der Waals surface area contributed by atoms with Crippen LogP contribution in [0.15, 0.2) is 0 Å². The molecule has 1 heterocycles. The van der Waals surface area contributed by atoms with E-state index in [4.69, 9.17) is 5.11 Å². The number of hydrogen-bond donors (Lipinski definition) is 1. The van der Waals surface area contributed by atoms with Crippen molar-refractivity contribution in [3.05, 3.63) is 0 Å². The highest BCUT2D eigenvalue weighted by Crippen LogP contribution is 2.23. The molecule has 1 aliphatic heterocycles. The van der Waals surface area contributed by atoms with Crippen molar-refractivity contribution < 1.29 is 14.7 Å². The topological polar surface area (TPSA) is 60.9 Å². The van der Waals surface area contributed by atoms with E-state index in [1.165, 1.54) is 6.42 Å². The molecule has 0 aromatic carbocycles. The monoisotopic (exact) mass is 298 g/mol. The van der Waals surface area contributed by atoms with Gasteiger partial charge in [-0.2, -0.15) is 0 Å². The molecule has 21 heavy (non-hydrogen) atoms. The molecule has 1 rings (SSSR count). The first-order chi connectivity index (χ1) is 9.97. The molecule has 1 atom stereocenters. The molecule has 0 bridgehead atoms. The van der Waals surface area contributed by atoms with Crippen LogP contribution in [0.2, 0.25) is 0 Å². The van der Waals surface area contributed by atoms with Crippen LogP contribution in [0, 0.1) is 0 Å². The summed E-state index contributed by atoms with van der Waals surface area (Å²) in [7, 11) is 0. The summed E-state index contributed by atoms with van der Waals surface area (Å²) in [6, 6.07) is 0.556. The third kappa shape index (κ3) is 5.56. The number of aliphatic carboxylic acids is 1. The summed E-state index contributed by atoms with van der Waals surface area (Å²) < 4.78 is 0. The van der Waals surface area contributed by atoms with E-state index in [0.717, 1.165) is 32.2 Å². The van der Waals surface area contributed by atoms with Crippen LogP contribution in [0.3, 0.4) is 0 Å². The number of urea groups is 1. The Hall–Kier alpha value is -1.26. The van der Waals surface area contributed by atoms with Crippen molar-refractivity contribution in [1.29, 1.82) is 0 Å². The van der Waals surface area contributed by atoms with Crippen molar-refractivity contribution in [1.82, 2.24) is 9.80 Å². The zero-order chi connectivity index (χ0) is 15.8. The van der Waals surface area contributed by atoms with Gasteiger partial charge in [-0.1, -0.05) is 13.3 Å². The Labute approximate surface area is 128 Å². The Morgan fingerprint density at radius 2 is 2.05 bits per heavy atom. The molecule has 1 unspecified atom stereocenters. The number of amides is 2. The smallest absolute Gasteiger partial charge is 0.320 e. The van der Waals surface area contributed by atoms with Crippen molar-refractivity contribution in [2.24, 2.45) is 0 Å². The molecule has 1 fully saturated rings. The number of hydrogen-bond acceptors (Lipinski definition) is 2. The van der Waals surface area contributed by atoms with Gasteiger partial charge in [-0.25, -0.2) is 4.79 Å². The van der Waals surface area contributed by atoms with Crippen molar-refractivity contribution in [3.8, 4) is 0 Å². The van der Waals surface area contributed by atoms with Crippen LogP contribution in [0.25, 0.3) is 0 Å². The zero-order valence-corrected chi connectivity index (χ0v) is 13.7. The van der Waals surface area contributed by atoms with E-state index in [1.54, 1.807) is 0 Å². The summed E-state index contributed by atoms with van der Waals surface area (Å²) in [5.74, 6) is -0.798. The minimum absolute atomic E-state index is 0.0912. The van der Waals surface area contributed by atoms with Crippen molar-refractivity contribution >= 4 is 12.0 Å². The first kappa shape index (κ1) is 17.8. The number of piperidine rings is 1. The summed E-state index contributed by atoms with van der Waals surface area (Å²) in [4.78, 5) is 27.3. The molecule has 5 heteroatoms. The Bertz CT molecular complexity index is 342. The van der Waals surface area contributed by atoms with E-state index in [9.17, 15) is 9.59 Å². The minimum Gasteiger partial charge on any atom is -0.481 e. The first-order valence-corrected chi connectivity index (χ1v) is 8.26. The molecule has 5 nitrogen and oxygen atoms in total. The van der Waals surface area contributed by atoms with Crippen molar-refractivity contribution in [3.63, 3.8) is 0 Å². The Morgan fingerprint density at radius 3 is 2.62 bits per heavy atom. The van der Waals surface area contributed by atoms with Gasteiger partial charge < -0.3 is 14.9 Å². The Kier molecular flexibility index (Phi) is 7.54. The molecule has 0 aromatic rings. The van der Waals surface area contributed by atoms with E-state index in [0.29, 0.717) is 19.0 Å². The van der Waals surface area contributed by atoms with Gasteiger partial charge in [0.1, 0.15) is 0 Å². The molecule has 1 saturated heterocycles. The van der Waals surface area contributed by atoms with Crippen LogP contribution in [-0.2, 0) is 4.79 Å². The maximum absolute atomic E-state index is 12.8. The number of nitrogens with zero attached hydrogens (tertiary/aromatic N) is 2. The molecule has 1 aliphatic rings. The summed E-state index contributed by atoms with van der Waals surface area (Å²) in [5, 5.41) is 8.75. The first-order valence-electron chi connectivity index (χ1n) is 8.26. The van der Waals surface area contributed by atoms with E-state index < -0.39 is 5.97 Å². The summed E-state index contributed by atoms with van der Waals surface area (Å²) in [6.45, 7) is 7.52. The second-order valence-electron chi connectivity index (χ2n) is 6.20. The summed E-state index contributed by atoms with van der Waals surface area (Å²) in [6.07, 6.45) is 6.17. The number of likely N-dealkylation sites (tertiary alicyclic amines) is 1. The normalized spacial score (nSPS) is 18.9. The van der Waals surface area contributed by atoms with E-state index >= 15 is 0 Å². The molecule has 0 saturated carbocycles. The fourth-order valence-corrected chi connectivity index (χ4v) is 3.03. The molecule has 0 aromatic heterocycles. The lowest BCUT2D eigenvalue weighted by atomic mass is 9.98. The van der Waals surface area contributed by atoms with Crippen molar-refractivity contribution in [2.75, 3.05) is 13.1 Å². The fraction of sp³-hybridized carbons (Fsp3) is 0.875. The van der Waals surface area contributed by atoms with Gasteiger partial charge in [-0.05, 0) is 46.0 Å². The molecule has 122 valence electrons. The van der Waals surface area contributed by atoms with Crippen LogP contribution >= 0.6 is 0 Å². The Morgan fingerprint density at radius 1 is 1.33 bits per heavy atom.